The summed E-state index contributed by atoms with van der Waals surface area (Å²) in [4.78, 5) is 15.8. The first-order valence-electron chi connectivity index (χ1n) is 6.35. The molecule has 0 spiro atoms. The lowest BCUT2D eigenvalue weighted by Gasteiger charge is -2.11. The van der Waals surface area contributed by atoms with Crippen molar-refractivity contribution in [3.05, 3.63) is 22.9 Å². The molecule has 0 aromatic carbocycles. The van der Waals surface area contributed by atoms with Gasteiger partial charge in [0.15, 0.2) is 0 Å². The second kappa shape index (κ2) is 6.74. The van der Waals surface area contributed by atoms with Crippen LogP contribution < -0.4 is 10.6 Å². The molecule has 102 valence electrons. The summed E-state index contributed by atoms with van der Waals surface area (Å²) in [5.41, 5.74) is 2.28. The molecule has 0 atom stereocenters. The Hall–Kier alpha value is -2.09. The van der Waals surface area contributed by atoms with Crippen molar-refractivity contribution >= 4 is 11.7 Å². The van der Waals surface area contributed by atoms with Crippen LogP contribution in [0.1, 0.15) is 37.1 Å². The molecule has 0 radical (unpaired) electrons. The maximum atomic E-state index is 11.5. The molecule has 0 bridgehead atoms. The van der Waals surface area contributed by atoms with E-state index >= 15 is 0 Å². The number of nitrogens with zero attached hydrogens (tertiary/aromatic N) is 2. The number of nitriles is 1. The Labute approximate surface area is 114 Å². The highest BCUT2D eigenvalue weighted by Crippen LogP contribution is 2.17. The molecule has 0 aliphatic heterocycles. The highest BCUT2D eigenvalue weighted by Gasteiger charge is 2.09. The van der Waals surface area contributed by atoms with Gasteiger partial charge in [0.05, 0.1) is 5.56 Å². The van der Waals surface area contributed by atoms with Gasteiger partial charge in [-0.25, -0.2) is 4.98 Å². The Morgan fingerprint density at radius 3 is 2.74 bits per heavy atom. The van der Waals surface area contributed by atoms with Crippen molar-refractivity contribution in [1.82, 2.24) is 10.3 Å². The number of amides is 1. The first-order valence-corrected chi connectivity index (χ1v) is 6.35. The summed E-state index contributed by atoms with van der Waals surface area (Å²) in [5, 5.41) is 15.0. The minimum atomic E-state index is -0.00890. The molecule has 1 heterocycles. The number of hydrogen-bond donors (Lipinski definition) is 2. The number of anilines is 1. The molecule has 19 heavy (non-hydrogen) atoms. The zero-order chi connectivity index (χ0) is 14.4. The molecule has 1 aromatic heterocycles. The highest BCUT2D eigenvalue weighted by molar-refractivity contribution is 5.76. The number of hydrogen-bond acceptors (Lipinski definition) is 4. The third-order valence-corrected chi connectivity index (χ3v) is 2.55. The standard InChI is InChI=1S/C14H20N4O/c1-9(2)17-13(19)5-6-16-14-12(8-15)10(3)7-11(4)18-14/h7,9H,5-6H2,1-4H3,(H,16,18)(H,17,19). The number of carbonyl (C=O) groups excluding carboxylic acids is 1. The predicted octanol–water partition coefficient (Wildman–Crippen LogP) is 1.90. The molecule has 5 nitrogen and oxygen atoms in total. The van der Waals surface area contributed by atoms with E-state index in [0.29, 0.717) is 24.3 Å². The fourth-order valence-electron chi connectivity index (χ4n) is 1.79. The Morgan fingerprint density at radius 1 is 1.47 bits per heavy atom. The predicted molar refractivity (Wildman–Crippen MR) is 74.8 cm³/mol. The van der Waals surface area contributed by atoms with E-state index in [9.17, 15) is 4.79 Å². The topological polar surface area (TPSA) is 77.8 Å². The van der Waals surface area contributed by atoms with Crippen LogP contribution in [0, 0.1) is 25.2 Å². The summed E-state index contributed by atoms with van der Waals surface area (Å²) in [6, 6.07) is 4.15. The normalized spacial score (nSPS) is 10.1. The fraction of sp³-hybridized carbons (Fsp3) is 0.500. The Kier molecular flexibility index (Phi) is 5.31. The van der Waals surface area contributed by atoms with Crippen molar-refractivity contribution in [2.45, 2.75) is 40.2 Å². The lowest BCUT2D eigenvalue weighted by atomic mass is 10.1. The van der Waals surface area contributed by atoms with Crippen molar-refractivity contribution in [3.8, 4) is 6.07 Å². The van der Waals surface area contributed by atoms with E-state index in [2.05, 4.69) is 21.7 Å². The number of carbonyl (C=O) groups is 1. The second-order valence-corrected chi connectivity index (χ2v) is 4.81. The lowest BCUT2D eigenvalue weighted by molar-refractivity contribution is -0.121. The monoisotopic (exact) mass is 260 g/mol. The molecule has 0 aliphatic carbocycles. The van der Waals surface area contributed by atoms with Crippen molar-refractivity contribution in [3.63, 3.8) is 0 Å². The molecule has 2 N–H and O–H groups in total. The van der Waals surface area contributed by atoms with Gasteiger partial charge < -0.3 is 10.6 Å². The van der Waals surface area contributed by atoms with Gasteiger partial charge >= 0.3 is 0 Å². The van der Waals surface area contributed by atoms with Gasteiger partial charge in [0.2, 0.25) is 5.91 Å². The van der Waals surface area contributed by atoms with Gasteiger partial charge in [-0.15, -0.1) is 0 Å². The van der Waals surface area contributed by atoms with Gasteiger partial charge in [-0.3, -0.25) is 4.79 Å². The molecule has 5 heteroatoms. The zero-order valence-electron chi connectivity index (χ0n) is 11.9. The van der Waals surface area contributed by atoms with Crippen LogP contribution in [0.3, 0.4) is 0 Å². The quantitative estimate of drug-likeness (QED) is 0.847. The molecule has 0 unspecified atom stereocenters. The molecule has 0 saturated heterocycles. The Balaban J connectivity index is 2.64. The van der Waals surface area contributed by atoms with Crippen LogP contribution in [0.25, 0.3) is 0 Å². The van der Waals surface area contributed by atoms with Crippen molar-refractivity contribution in [1.29, 1.82) is 5.26 Å². The van der Waals surface area contributed by atoms with E-state index < -0.39 is 0 Å². The number of aromatic nitrogens is 1. The lowest BCUT2D eigenvalue weighted by Crippen LogP contribution is -2.31. The largest absolute Gasteiger partial charge is 0.368 e. The number of nitrogens with one attached hydrogen (secondary N) is 2. The molecule has 1 aromatic rings. The summed E-state index contributed by atoms with van der Waals surface area (Å²) < 4.78 is 0. The van der Waals surface area contributed by atoms with Crippen LogP contribution in [-0.2, 0) is 4.79 Å². The summed E-state index contributed by atoms with van der Waals surface area (Å²) in [6.07, 6.45) is 0.359. The van der Waals surface area contributed by atoms with Crippen LogP contribution in [-0.4, -0.2) is 23.5 Å². The summed E-state index contributed by atoms with van der Waals surface area (Å²) in [5.74, 6) is 0.544. The molecule has 0 saturated carbocycles. The number of rotatable bonds is 5. The average molecular weight is 260 g/mol. The van der Waals surface area contributed by atoms with Crippen molar-refractivity contribution in [2.24, 2.45) is 0 Å². The van der Waals surface area contributed by atoms with E-state index in [0.717, 1.165) is 11.3 Å². The first kappa shape index (κ1) is 15.0. The molecule has 0 fully saturated rings. The van der Waals surface area contributed by atoms with Gasteiger partial charge in [-0.2, -0.15) is 5.26 Å². The number of pyridine rings is 1. The molecule has 1 amide bonds. The summed E-state index contributed by atoms with van der Waals surface area (Å²) >= 11 is 0. The minimum absolute atomic E-state index is 0.00890. The van der Waals surface area contributed by atoms with Gasteiger partial charge in [0.1, 0.15) is 11.9 Å². The van der Waals surface area contributed by atoms with Crippen molar-refractivity contribution in [2.75, 3.05) is 11.9 Å². The van der Waals surface area contributed by atoms with E-state index in [1.807, 2.05) is 33.8 Å². The zero-order valence-corrected chi connectivity index (χ0v) is 11.9. The minimum Gasteiger partial charge on any atom is -0.368 e. The SMILES string of the molecule is Cc1cc(C)c(C#N)c(NCCC(=O)NC(C)C)n1. The third kappa shape index (κ3) is 4.59. The van der Waals surface area contributed by atoms with E-state index in [1.165, 1.54) is 0 Å². The molecule has 0 aliphatic rings. The highest BCUT2D eigenvalue weighted by atomic mass is 16.1. The van der Waals surface area contributed by atoms with Crippen LogP contribution in [0.5, 0.6) is 0 Å². The fourth-order valence-corrected chi connectivity index (χ4v) is 1.79. The van der Waals surface area contributed by atoms with E-state index in [4.69, 9.17) is 5.26 Å². The van der Waals surface area contributed by atoms with Crippen LogP contribution in [0.2, 0.25) is 0 Å². The van der Waals surface area contributed by atoms with E-state index in [-0.39, 0.29) is 11.9 Å². The Bertz CT molecular complexity index is 503. The summed E-state index contributed by atoms with van der Waals surface area (Å²) in [7, 11) is 0. The molecular formula is C14H20N4O. The maximum Gasteiger partial charge on any atom is 0.221 e. The third-order valence-electron chi connectivity index (χ3n) is 2.55. The summed E-state index contributed by atoms with van der Waals surface area (Å²) in [6.45, 7) is 8.06. The van der Waals surface area contributed by atoms with Crippen LogP contribution >= 0.6 is 0 Å². The van der Waals surface area contributed by atoms with Gasteiger partial charge in [-0.05, 0) is 39.3 Å². The Morgan fingerprint density at radius 2 is 2.16 bits per heavy atom. The molecular weight excluding hydrogens is 240 g/mol. The van der Waals surface area contributed by atoms with Crippen LogP contribution in [0.15, 0.2) is 6.07 Å². The smallest absolute Gasteiger partial charge is 0.221 e. The van der Waals surface area contributed by atoms with Crippen molar-refractivity contribution < 1.29 is 4.79 Å². The molecule has 1 rings (SSSR count). The average Bonchev–Trinajstić information content (AvgIpc) is 2.27. The first-order chi connectivity index (χ1) is 8.93. The second-order valence-electron chi connectivity index (χ2n) is 4.81. The van der Waals surface area contributed by atoms with Gasteiger partial charge in [-0.1, -0.05) is 0 Å². The maximum absolute atomic E-state index is 11.5. The van der Waals surface area contributed by atoms with Gasteiger partial charge in [0.25, 0.3) is 0 Å². The number of aryl methyl sites for hydroxylation is 2. The van der Waals surface area contributed by atoms with Crippen LogP contribution in [0.4, 0.5) is 5.82 Å². The van der Waals surface area contributed by atoms with Gasteiger partial charge in [0, 0.05) is 24.7 Å². The van der Waals surface area contributed by atoms with E-state index in [1.54, 1.807) is 0 Å².